The predicted octanol–water partition coefficient (Wildman–Crippen LogP) is 5.35. The van der Waals surface area contributed by atoms with Crippen LogP contribution in [0.3, 0.4) is 0 Å². The molecule has 0 unspecified atom stereocenters. The molecule has 0 radical (unpaired) electrons. The van der Waals surface area contributed by atoms with Gasteiger partial charge in [0, 0.05) is 22.6 Å². The van der Waals surface area contributed by atoms with Crippen molar-refractivity contribution in [1.29, 1.82) is 0 Å². The summed E-state index contributed by atoms with van der Waals surface area (Å²) >= 11 is 3.15. The van der Waals surface area contributed by atoms with Crippen LogP contribution in [0.5, 0.6) is 0 Å². The Balaban J connectivity index is 1.31. The molecule has 0 bridgehead atoms. The average Bonchev–Trinajstić information content (AvgIpc) is 3.49. The summed E-state index contributed by atoms with van der Waals surface area (Å²) in [5, 5.41) is 5.55. The summed E-state index contributed by atoms with van der Waals surface area (Å²) in [6, 6.07) is 17.5. The summed E-state index contributed by atoms with van der Waals surface area (Å²) in [7, 11) is 0. The molecule has 1 aromatic heterocycles. The highest BCUT2D eigenvalue weighted by Crippen LogP contribution is 2.35. The van der Waals surface area contributed by atoms with Crippen molar-refractivity contribution in [2.24, 2.45) is 9.98 Å². The molecule has 0 fully saturated rings. The molecule has 35 heavy (non-hydrogen) atoms. The van der Waals surface area contributed by atoms with E-state index in [4.69, 9.17) is 9.98 Å². The van der Waals surface area contributed by atoms with Gasteiger partial charge in [-0.1, -0.05) is 53.7 Å². The fraction of sp³-hybridized carbons (Fsp3) is 0.259. The Morgan fingerprint density at radius 2 is 2.00 bits per heavy atom. The lowest BCUT2D eigenvalue weighted by Gasteiger charge is -2.25. The second-order valence-electron chi connectivity index (χ2n) is 8.67. The van der Waals surface area contributed by atoms with Gasteiger partial charge in [-0.2, -0.15) is 0 Å². The van der Waals surface area contributed by atoms with Crippen molar-refractivity contribution in [3.8, 4) is 0 Å². The van der Waals surface area contributed by atoms with E-state index < -0.39 is 6.04 Å². The van der Waals surface area contributed by atoms with Crippen LogP contribution < -0.4 is 5.32 Å². The van der Waals surface area contributed by atoms with Crippen LogP contribution in [0.15, 0.2) is 70.0 Å². The largest absolute Gasteiger partial charge is 0.351 e. The molecule has 0 spiro atoms. The van der Waals surface area contributed by atoms with Crippen molar-refractivity contribution in [2.75, 3.05) is 0 Å². The Morgan fingerprint density at radius 1 is 1.14 bits per heavy atom. The number of amidine groups is 2. The quantitative estimate of drug-likeness (QED) is 0.473. The summed E-state index contributed by atoms with van der Waals surface area (Å²) in [6.07, 6.45) is 0.614. The van der Waals surface area contributed by atoms with Gasteiger partial charge in [-0.25, -0.2) is 9.89 Å². The Labute approximate surface area is 213 Å². The van der Waals surface area contributed by atoms with Crippen molar-refractivity contribution in [3.63, 3.8) is 0 Å². The molecule has 3 heterocycles. The predicted molar refractivity (Wildman–Crippen MR) is 143 cm³/mol. The van der Waals surface area contributed by atoms with Crippen LogP contribution in [0, 0.1) is 13.8 Å². The number of para-hydroxylation sites is 1. The number of carbonyl (C=O) groups excluding carboxylic acids is 2. The standard InChI is InChI=1S/C27H26N4O2S2/c1-17-9-10-19(18(2)14-17)16-35-27-30-22-8-4-3-7-21(22)25-29-23(26(33)31(25)27)11-12-24(32)28-15-20-6-5-13-34-20/h3-10,13-14,23H,11-12,15-16H2,1-2H3,(H,28,32)/t23-/m1/s1. The van der Waals surface area contributed by atoms with E-state index in [1.807, 2.05) is 41.8 Å². The Kier molecular flexibility index (Phi) is 6.83. The summed E-state index contributed by atoms with van der Waals surface area (Å²) < 4.78 is 0. The lowest BCUT2D eigenvalue weighted by Crippen LogP contribution is -2.41. The molecule has 0 saturated carbocycles. The zero-order valence-corrected chi connectivity index (χ0v) is 21.3. The van der Waals surface area contributed by atoms with Crippen molar-refractivity contribution in [2.45, 2.75) is 45.0 Å². The minimum absolute atomic E-state index is 0.0743. The number of thiophene rings is 1. The monoisotopic (exact) mass is 502 g/mol. The second-order valence-corrected chi connectivity index (χ2v) is 10.6. The topological polar surface area (TPSA) is 74.1 Å². The SMILES string of the molecule is Cc1ccc(CSC2=Nc3ccccc3C3=N[C@H](CCC(=O)NCc4cccs4)C(=O)N23)c(C)c1. The van der Waals surface area contributed by atoms with E-state index in [1.165, 1.54) is 16.7 Å². The molecular formula is C27H26N4O2S2. The van der Waals surface area contributed by atoms with Gasteiger partial charge in [0.05, 0.1) is 12.2 Å². The van der Waals surface area contributed by atoms with Crippen molar-refractivity contribution in [1.82, 2.24) is 10.2 Å². The van der Waals surface area contributed by atoms with E-state index in [-0.39, 0.29) is 18.2 Å². The fourth-order valence-electron chi connectivity index (χ4n) is 4.19. The minimum atomic E-state index is -0.587. The molecule has 5 rings (SSSR count). The third kappa shape index (κ3) is 5.09. The molecular weight excluding hydrogens is 476 g/mol. The third-order valence-electron chi connectivity index (χ3n) is 6.09. The zero-order chi connectivity index (χ0) is 24.4. The second kappa shape index (κ2) is 10.2. The fourth-order valence-corrected chi connectivity index (χ4v) is 5.91. The van der Waals surface area contributed by atoms with Gasteiger partial charge in [-0.05, 0) is 55.0 Å². The van der Waals surface area contributed by atoms with Gasteiger partial charge in [-0.15, -0.1) is 11.3 Å². The molecule has 2 aliphatic heterocycles. The first-order valence-electron chi connectivity index (χ1n) is 11.6. The molecule has 2 amide bonds. The van der Waals surface area contributed by atoms with Crippen LogP contribution in [0.4, 0.5) is 5.69 Å². The van der Waals surface area contributed by atoms with Crippen LogP contribution in [0.1, 0.15) is 40.0 Å². The first-order chi connectivity index (χ1) is 17.0. The van der Waals surface area contributed by atoms with E-state index in [0.29, 0.717) is 29.7 Å². The Morgan fingerprint density at radius 3 is 2.80 bits per heavy atom. The van der Waals surface area contributed by atoms with Crippen LogP contribution >= 0.6 is 23.1 Å². The normalized spacial score (nSPS) is 16.5. The van der Waals surface area contributed by atoms with E-state index in [2.05, 4.69) is 37.4 Å². The molecule has 2 aromatic carbocycles. The maximum atomic E-state index is 13.4. The van der Waals surface area contributed by atoms with E-state index in [1.54, 1.807) is 28.0 Å². The molecule has 178 valence electrons. The smallest absolute Gasteiger partial charge is 0.259 e. The molecule has 2 aliphatic rings. The number of amides is 2. The minimum Gasteiger partial charge on any atom is -0.351 e. The van der Waals surface area contributed by atoms with Gasteiger partial charge in [0.1, 0.15) is 11.9 Å². The van der Waals surface area contributed by atoms with Gasteiger partial charge in [-0.3, -0.25) is 14.6 Å². The highest BCUT2D eigenvalue weighted by molar-refractivity contribution is 8.13. The molecule has 1 atom stereocenters. The highest BCUT2D eigenvalue weighted by atomic mass is 32.2. The van der Waals surface area contributed by atoms with E-state index in [0.717, 1.165) is 16.1 Å². The summed E-state index contributed by atoms with van der Waals surface area (Å²) in [5.41, 5.74) is 5.33. The van der Waals surface area contributed by atoms with Crippen molar-refractivity contribution >= 4 is 51.6 Å². The van der Waals surface area contributed by atoms with Gasteiger partial charge in [0.15, 0.2) is 5.17 Å². The number of aryl methyl sites for hydroxylation is 2. The van der Waals surface area contributed by atoms with E-state index >= 15 is 0 Å². The number of hydrogen-bond acceptors (Lipinski definition) is 6. The molecule has 0 saturated heterocycles. The number of nitrogens with zero attached hydrogens (tertiary/aromatic N) is 3. The van der Waals surface area contributed by atoms with Crippen molar-refractivity contribution < 1.29 is 9.59 Å². The Bertz CT molecular complexity index is 1330. The number of thioether (sulfide) groups is 1. The van der Waals surface area contributed by atoms with Gasteiger partial charge in [0.25, 0.3) is 5.91 Å². The molecule has 1 N–H and O–H groups in total. The maximum Gasteiger partial charge on any atom is 0.259 e. The van der Waals surface area contributed by atoms with Crippen LogP contribution in [-0.2, 0) is 21.9 Å². The first kappa shape index (κ1) is 23.5. The summed E-state index contributed by atoms with van der Waals surface area (Å²) in [6.45, 7) is 4.70. The number of hydrogen-bond donors (Lipinski definition) is 1. The van der Waals surface area contributed by atoms with Crippen LogP contribution in [0.25, 0.3) is 0 Å². The van der Waals surface area contributed by atoms with Gasteiger partial charge < -0.3 is 5.32 Å². The lowest BCUT2D eigenvalue weighted by molar-refractivity contribution is -0.125. The maximum absolute atomic E-state index is 13.4. The molecule has 3 aromatic rings. The number of aliphatic imine (C=N–C) groups is 2. The number of nitrogens with one attached hydrogen (secondary N) is 1. The lowest BCUT2D eigenvalue weighted by atomic mass is 10.1. The van der Waals surface area contributed by atoms with Crippen molar-refractivity contribution in [3.05, 3.63) is 87.1 Å². The number of fused-ring (bicyclic) bond motifs is 3. The first-order valence-corrected chi connectivity index (χ1v) is 13.4. The summed E-state index contributed by atoms with van der Waals surface area (Å²) in [4.78, 5) is 38.1. The average molecular weight is 503 g/mol. The molecule has 8 heteroatoms. The number of rotatable bonds is 7. The molecule has 0 aliphatic carbocycles. The number of carbonyl (C=O) groups is 2. The Hall–Kier alpha value is -3.23. The zero-order valence-electron chi connectivity index (χ0n) is 19.7. The number of benzene rings is 2. The third-order valence-corrected chi connectivity index (χ3v) is 7.95. The molecule has 6 nitrogen and oxygen atoms in total. The van der Waals surface area contributed by atoms with Gasteiger partial charge in [0.2, 0.25) is 5.91 Å². The highest BCUT2D eigenvalue weighted by Gasteiger charge is 2.41. The van der Waals surface area contributed by atoms with Gasteiger partial charge >= 0.3 is 0 Å². The van der Waals surface area contributed by atoms with Crippen LogP contribution in [-0.4, -0.2) is 33.8 Å². The van der Waals surface area contributed by atoms with Crippen LogP contribution in [0.2, 0.25) is 0 Å². The summed E-state index contributed by atoms with van der Waals surface area (Å²) in [5.74, 6) is 1.15. The van der Waals surface area contributed by atoms with E-state index in [9.17, 15) is 9.59 Å².